The topological polar surface area (TPSA) is 55.4 Å². The summed E-state index contributed by atoms with van der Waals surface area (Å²) in [6, 6.07) is 14.8. The minimum absolute atomic E-state index is 0.00786. The van der Waals surface area contributed by atoms with E-state index in [2.05, 4.69) is 11.5 Å². The number of anilines is 1. The summed E-state index contributed by atoms with van der Waals surface area (Å²) in [5.41, 5.74) is 3.21. The number of esters is 1. The number of benzene rings is 2. The van der Waals surface area contributed by atoms with Crippen molar-refractivity contribution in [3.8, 4) is 0 Å². The van der Waals surface area contributed by atoms with E-state index in [1.54, 1.807) is 17.9 Å². The maximum atomic E-state index is 13.5. The molecule has 0 saturated heterocycles. The van der Waals surface area contributed by atoms with Crippen LogP contribution in [0.4, 0.5) is 5.69 Å². The first kappa shape index (κ1) is 21.6. The summed E-state index contributed by atoms with van der Waals surface area (Å²) >= 11 is 0. The Bertz CT molecular complexity index is 1060. The fraction of sp³-hybridized carbons (Fsp3) is 0.375. The zero-order chi connectivity index (χ0) is 21.8. The molecule has 3 rings (SSSR count). The van der Waals surface area contributed by atoms with Crippen LogP contribution in [0.25, 0.3) is 11.0 Å². The van der Waals surface area contributed by atoms with Crippen LogP contribution in [-0.4, -0.2) is 29.6 Å². The van der Waals surface area contributed by atoms with E-state index >= 15 is 0 Å². The van der Waals surface area contributed by atoms with Crippen molar-refractivity contribution in [3.05, 3.63) is 59.9 Å². The predicted octanol–water partition coefficient (Wildman–Crippen LogP) is 4.05. The second-order valence-corrected chi connectivity index (χ2v) is 7.18. The monoisotopic (exact) mass is 408 g/mol. The number of fused-ring (bicyclic) bond motifs is 1. The minimum Gasteiger partial charge on any atom is -0.462 e. The molecule has 0 aliphatic carbocycles. The maximum Gasteiger partial charge on any atom is 0.338 e. The van der Waals surface area contributed by atoms with Gasteiger partial charge < -0.3 is 9.64 Å². The van der Waals surface area contributed by atoms with Gasteiger partial charge in [-0.15, -0.1) is 0 Å². The van der Waals surface area contributed by atoms with E-state index in [9.17, 15) is 9.59 Å². The number of rotatable bonds is 7. The van der Waals surface area contributed by atoms with E-state index < -0.39 is 6.04 Å². The standard InChI is InChI=1S/C24H30N3O3/c1-6-25-18(5)27(22-16-19(14-15-21(22)25)24(29)30-8-3)17(4)23(28)26(7-2)20-12-10-9-11-13-20/h9-17H,6-8H2,1-5H3/q+1/t17-/m1/s1. The van der Waals surface area contributed by atoms with Crippen molar-refractivity contribution in [3.63, 3.8) is 0 Å². The molecule has 2 aromatic carbocycles. The van der Waals surface area contributed by atoms with Crippen LogP contribution in [0, 0.1) is 6.92 Å². The Balaban J connectivity index is 2.10. The zero-order valence-electron chi connectivity index (χ0n) is 18.4. The Hall–Kier alpha value is -3.15. The molecule has 0 radical (unpaired) electrons. The van der Waals surface area contributed by atoms with E-state index in [-0.39, 0.29) is 11.9 Å². The summed E-state index contributed by atoms with van der Waals surface area (Å²) in [7, 11) is 0. The first-order valence-corrected chi connectivity index (χ1v) is 10.5. The first-order valence-electron chi connectivity index (χ1n) is 10.5. The molecule has 158 valence electrons. The molecule has 30 heavy (non-hydrogen) atoms. The van der Waals surface area contributed by atoms with Gasteiger partial charge in [0.15, 0.2) is 17.1 Å². The Kier molecular flexibility index (Phi) is 6.55. The molecule has 6 nitrogen and oxygen atoms in total. The first-order chi connectivity index (χ1) is 14.4. The van der Waals surface area contributed by atoms with Gasteiger partial charge >= 0.3 is 5.97 Å². The third-order valence-electron chi connectivity index (χ3n) is 5.49. The Morgan fingerprint density at radius 3 is 2.40 bits per heavy atom. The molecular formula is C24H30N3O3+. The number of carbonyl (C=O) groups is 2. The van der Waals surface area contributed by atoms with E-state index in [0.717, 1.165) is 29.1 Å². The highest BCUT2D eigenvalue weighted by Crippen LogP contribution is 2.25. The van der Waals surface area contributed by atoms with Gasteiger partial charge in [0, 0.05) is 25.2 Å². The van der Waals surface area contributed by atoms with Crippen molar-refractivity contribution in [1.29, 1.82) is 0 Å². The van der Waals surface area contributed by atoms with Gasteiger partial charge in [0.1, 0.15) is 0 Å². The molecule has 0 N–H and O–H groups in total. The summed E-state index contributed by atoms with van der Waals surface area (Å²) in [5, 5.41) is 0. The van der Waals surface area contributed by atoms with Gasteiger partial charge in [0.25, 0.3) is 11.7 Å². The van der Waals surface area contributed by atoms with Crippen molar-refractivity contribution < 1.29 is 18.9 Å². The fourth-order valence-electron chi connectivity index (χ4n) is 4.06. The normalized spacial score (nSPS) is 12.0. The molecule has 1 aromatic heterocycles. The lowest BCUT2D eigenvalue weighted by Gasteiger charge is -2.23. The number of hydrogen-bond donors (Lipinski definition) is 0. The molecule has 0 aliphatic heterocycles. The second kappa shape index (κ2) is 9.11. The quantitative estimate of drug-likeness (QED) is 0.438. The van der Waals surface area contributed by atoms with E-state index in [1.807, 2.05) is 67.8 Å². The van der Waals surface area contributed by atoms with Gasteiger partial charge in [0.05, 0.1) is 18.7 Å². The summed E-state index contributed by atoms with van der Waals surface area (Å²) in [4.78, 5) is 27.6. The minimum atomic E-state index is -0.432. The number of likely N-dealkylation sites (N-methyl/N-ethyl adjacent to an activating group) is 1. The van der Waals surface area contributed by atoms with Gasteiger partial charge in [-0.25, -0.2) is 13.9 Å². The van der Waals surface area contributed by atoms with Gasteiger partial charge in [-0.3, -0.25) is 4.79 Å². The largest absolute Gasteiger partial charge is 0.462 e. The lowest BCUT2D eigenvalue weighted by Crippen LogP contribution is -2.39. The van der Waals surface area contributed by atoms with Crippen molar-refractivity contribution in [2.75, 3.05) is 18.1 Å². The van der Waals surface area contributed by atoms with Crippen molar-refractivity contribution in [1.82, 2.24) is 4.57 Å². The highest BCUT2D eigenvalue weighted by Gasteiger charge is 2.32. The van der Waals surface area contributed by atoms with Crippen LogP contribution in [0.15, 0.2) is 48.5 Å². The number of nitrogens with zero attached hydrogens (tertiary/aromatic N) is 3. The van der Waals surface area contributed by atoms with Gasteiger partial charge in [-0.1, -0.05) is 18.2 Å². The lowest BCUT2D eigenvalue weighted by molar-refractivity contribution is -0.675. The summed E-state index contributed by atoms with van der Waals surface area (Å²) in [5.74, 6) is 0.623. The summed E-state index contributed by atoms with van der Waals surface area (Å²) in [6.07, 6.45) is 0. The smallest absolute Gasteiger partial charge is 0.338 e. The van der Waals surface area contributed by atoms with Crippen LogP contribution in [0.5, 0.6) is 0 Å². The molecular weight excluding hydrogens is 378 g/mol. The van der Waals surface area contributed by atoms with Crippen molar-refractivity contribution >= 4 is 28.6 Å². The highest BCUT2D eigenvalue weighted by molar-refractivity contribution is 5.97. The molecule has 0 fully saturated rings. The molecule has 0 aliphatic rings. The van der Waals surface area contributed by atoms with Gasteiger partial charge in [0.2, 0.25) is 0 Å². The van der Waals surface area contributed by atoms with Crippen LogP contribution >= 0.6 is 0 Å². The number of hydrogen-bond acceptors (Lipinski definition) is 3. The highest BCUT2D eigenvalue weighted by atomic mass is 16.5. The van der Waals surface area contributed by atoms with Crippen molar-refractivity contribution in [2.24, 2.45) is 0 Å². The Morgan fingerprint density at radius 1 is 1.10 bits per heavy atom. The van der Waals surface area contributed by atoms with Gasteiger partial charge in [-0.2, -0.15) is 0 Å². The number of para-hydroxylation sites is 1. The third kappa shape index (κ3) is 3.82. The fourth-order valence-corrected chi connectivity index (χ4v) is 4.06. The molecule has 0 saturated carbocycles. The molecule has 6 heteroatoms. The Labute approximate surface area is 177 Å². The average Bonchev–Trinajstić information content (AvgIpc) is 3.04. The van der Waals surface area contributed by atoms with E-state index in [4.69, 9.17) is 4.74 Å². The van der Waals surface area contributed by atoms with Crippen LogP contribution in [-0.2, 0) is 16.1 Å². The number of aromatic nitrogens is 2. The number of carbonyl (C=O) groups excluding carboxylic acids is 2. The number of aryl methyl sites for hydroxylation is 1. The van der Waals surface area contributed by atoms with Crippen LogP contribution in [0.2, 0.25) is 0 Å². The Morgan fingerprint density at radius 2 is 1.80 bits per heavy atom. The number of amides is 1. The SMILES string of the molecule is CCOC(=O)c1ccc2c(c1)n([C@H](C)C(=O)N(CC)c1ccccc1)c(C)[n+]2CC. The molecule has 0 bridgehead atoms. The third-order valence-corrected chi connectivity index (χ3v) is 5.49. The summed E-state index contributed by atoms with van der Waals surface area (Å²) in [6.45, 7) is 11.4. The molecule has 1 heterocycles. The number of imidazole rings is 1. The lowest BCUT2D eigenvalue weighted by atomic mass is 10.1. The second-order valence-electron chi connectivity index (χ2n) is 7.18. The zero-order valence-corrected chi connectivity index (χ0v) is 18.4. The molecule has 1 atom stereocenters. The average molecular weight is 409 g/mol. The van der Waals surface area contributed by atoms with E-state index in [1.165, 1.54) is 0 Å². The van der Waals surface area contributed by atoms with Crippen LogP contribution in [0.3, 0.4) is 0 Å². The predicted molar refractivity (Wildman–Crippen MR) is 118 cm³/mol. The summed E-state index contributed by atoms with van der Waals surface area (Å²) < 4.78 is 9.35. The maximum absolute atomic E-state index is 13.5. The molecule has 0 unspecified atom stereocenters. The van der Waals surface area contributed by atoms with Crippen LogP contribution < -0.4 is 9.47 Å². The molecule has 0 spiro atoms. The van der Waals surface area contributed by atoms with Gasteiger partial charge in [-0.05, 0) is 52.0 Å². The number of ether oxygens (including phenoxy) is 1. The molecule has 1 amide bonds. The van der Waals surface area contributed by atoms with E-state index in [0.29, 0.717) is 18.7 Å². The van der Waals surface area contributed by atoms with Crippen LogP contribution in [0.1, 0.15) is 49.9 Å². The van der Waals surface area contributed by atoms with Crippen molar-refractivity contribution in [2.45, 2.75) is 47.2 Å². The molecule has 3 aromatic rings.